The number of nitrogens with zero attached hydrogens (tertiary/aromatic N) is 3. The molecule has 8 heteroatoms. The first-order chi connectivity index (χ1) is 15.0. The Morgan fingerprint density at radius 1 is 1.19 bits per heavy atom. The van der Waals surface area contributed by atoms with Crippen molar-refractivity contribution in [3.8, 4) is 0 Å². The zero-order chi connectivity index (χ0) is 21.8. The highest BCUT2D eigenvalue weighted by molar-refractivity contribution is 7.18. The van der Waals surface area contributed by atoms with Crippen LogP contribution in [0.2, 0.25) is 0 Å². The van der Waals surface area contributed by atoms with Crippen molar-refractivity contribution >= 4 is 33.5 Å². The predicted octanol–water partition coefficient (Wildman–Crippen LogP) is 4.20. The third kappa shape index (κ3) is 5.49. The first kappa shape index (κ1) is 21.9. The van der Waals surface area contributed by atoms with Gasteiger partial charge in [-0.3, -0.25) is 4.90 Å². The number of aromatic nitrogens is 2. The fourth-order valence-corrected chi connectivity index (χ4v) is 5.94. The molecule has 2 fully saturated rings. The highest BCUT2D eigenvalue weighted by Gasteiger charge is 2.27. The fourth-order valence-electron chi connectivity index (χ4n) is 4.68. The average Bonchev–Trinajstić information content (AvgIpc) is 3.38. The van der Waals surface area contributed by atoms with E-state index in [9.17, 15) is 9.59 Å². The summed E-state index contributed by atoms with van der Waals surface area (Å²) in [5.74, 6) is -0.338. The van der Waals surface area contributed by atoms with E-state index in [0.717, 1.165) is 53.3 Å². The number of ether oxygens (including phenoxy) is 1. The molecule has 1 saturated heterocycles. The Balaban J connectivity index is 1.47. The molecule has 2 aromatic heterocycles. The summed E-state index contributed by atoms with van der Waals surface area (Å²) in [4.78, 5) is 36.6. The van der Waals surface area contributed by atoms with Gasteiger partial charge < -0.3 is 9.84 Å². The minimum absolute atomic E-state index is 0.115. The van der Waals surface area contributed by atoms with Crippen LogP contribution in [0.5, 0.6) is 0 Å². The maximum absolute atomic E-state index is 11.7. The molecule has 31 heavy (non-hydrogen) atoms. The highest BCUT2D eigenvalue weighted by atomic mass is 32.1. The molecule has 1 aliphatic carbocycles. The van der Waals surface area contributed by atoms with Crippen molar-refractivity contribution in [2.45, 2.75) is 70.4 Å². The number of carboxylic acids is 1. The summed E-state index contributed by atoms with van der Waals surface area (Å²) >= 11 is 1.82. The maximum Gasteiger partial charge on any atom is 0.331 e. The van der Waals surface area contributed by atoms with Crippen LogP contribution < -0.4 is 0 Å². The van der Waals surface area contributed by atoms with Crippen molar-refractivity contribution in [2.75, 3.05) is 13.2 Å². The van der Waals surface area contributed by atoms with E-state index in [2.05, 4.69) is 11.0 Å². The summed E-state index contributed by atoms with van der Waals surface area (Å²) in [5, 5.41) is 9.78. The lowest BCUT2D eigenvalue weighted by molar-refractivity contribution is -0.140. The standard InChI is InChI=1S/C23H29N3O4S/c1-15-24-19(18-12-20(31-23(18)25-15)16-6-3-2-4-7-16)13-26-11-5-8-17(26)14-30-22(29)10-9-21(27)28/h9-10,12,16-17H,2-8,11,13-14H2,1H3,(H,27,28)/b10-9+/t17-/m0/s1. The van der Waals surface area contributed by atoms with Crippen LogP contribution in [0.4, 0.5) is 0 Å². The summed E-state index contributed by atoms with van der Waals surface area (Å²) < 4.78 is 5.28. The number of thiophene rings is 1. The van der Waals surface area contributed by atoms with Gasteiger partial charge in [0.25, 0.3) is 0 Å². The Bertz CT molecular complexity index is 981. The van der Waals surface area contributed by atoms with E-state index in [4.69, 9.17) is 19.8 Å². The number of rotatable bonds is 7. The van der Waals surface area contributed by atoms with Gasteiger partial charge in [-0.15, -0.1) is 11.3 Å². The lowest BCUT2D eigenvalue weighted by Gasteiger charge is -2.24. The largest absolute Gasteiger partial charge is 0.478 e. The van der Waals surface area contributed by atoms with E-state index in [-0.39, 0.29) is 12.6 Å². The van der Waals surface area contributed by atoms with E-state index in [1.54, 1.807) is 0 Å². The SMILES string of the molecule is Cc1nc(CN2CCC[C@H]2COC(=O)/C=C/C(=O)O)c2cc(C3CCCCC3)sc2n1. The molecule has 1 N–H and O–H groups in total. The molecule has 1 aliphatic heterocycles. The first-order valence-electron chi connectivity index (χ1n) is 11.1. The van der Waals surface area contributed by atoms with Gasteiger partial charge in [-0.2, -0.15) is 0 Å². The van der Waals surface area contributed by atoms with Crippen LogP contribution in [0, 0.1) is 6.92 Å². The Labute approximate surface area is 186 Å². The van der Waals surface area contributed by atoms with Gasteiger partial charge >= 0.3 is 11.9 Å². The molecule has 0 spiro atoms. The molecular weight excluding hydrogens is 414 g/mol. The van der Waals surface area contributed by atoms with Crippen molar-refractivity contribution in [3.63, 3.8) is 0 Å². The number of carbonyl (C=O) groups is 2. The van der Waals surface area contributed by atoms with Crippen LogP contribution in [0.1, 0.15) is 67.3 Å². The number of carboxylic acid groups (broad SMARTS) is 1. The van der Waals surface area contributed by atoms with Crippen LogP contribution in [0.15, 0.2) is 18.2 Å². The number of carbonyl (C=O) groups excluding carboxylic acids is 1. The van der Waals surface area contributed by atoms with Crippen molar-refractivity contribution in [1.82, 2.24) is 14.9 Å². The third-order valence-corrected chi connectivity index (χ3v) is 7.43. The van der Waals surface area contributed by atoms with Crippen LogP contribution in [-0.2, 0) is 20.9 Å². The van der Waals surface area contributed by atoms with Crippen LogP contribution in [0.3, 0.4) is 0 Å². The number of hydrogen-bond acceptors (Lipinski definition) is 7. The summed E-state index contributed by atoms with van der Waals surface area (Å²) in [6, 6.07) is 2.43. The number of aryl methyl sites for hydroxylation is 1. The van der Waals surface area contributed by atoms with Crippen LogP contribution in [-0.4, -0.2) is 51.1 Å². The highest BCUT2D eigenvalue weighted by Crippen LogP contribution is 2.39. The molecule has 0 aromatic carbocycles. The van der Waals surface area contributed by atoms with Gasteiger partial charge in [0.2, 0.25) is 0 Å². The fraction of sp³-hybridized carbons (Fsp3) is 0.565. The minimum atomic E-state index is -1.16. The van der Waals surface area contributed by atoms with E-state index in [1.807, 2.05) is 18.3 Å². The van der Waals surface area contributed by atoms with Crippen LogP contribution in [0.25, 0.3) is 10.2 Å². The van der Waals surface area contributed by atoms with Gasteiger partial charge in [-0.25, -0.2) is 19.6 Å². The summed E-state index contributed by atoms with van der Waals surface area (Å²) in [7, 11) is 0. The topological polar surface area (TPSA) is 92.6 Å². The molecule has 0 unspecified atom stereocenters. The lowest BCUT2D eigenvalue weighted by atomic mass is 9.88. The molecule has 2 aromatic rings. The van der Waals surface area contributed by atoms with E-state index < -0.39 is 11.9 Å². The second kappa shape index (κ2) is 9.87. The molecule has 3 heterocycles. The van der Waals surface area contributed by atoms with Gasteiger partial charge in [-0.1, -0.05) is 19.3 Å². The maximum atomic E-state index is 11.7. The smallest absolute Gasteiger partial charge is 0.331 e. The number of likely N-dealkylation sites (tertiary alicyclic amines) is 1. The second-order valence-electron chi connectivity index (χ2n) is 8.49. The molecule has 0 radical (unpaired) electrons. The number of fused-ring (bicyclic) bond motifs is 1. The Morgan fingerprint density at radius 3 is 2.77 bits per heavy atom. The van der Waals surface area contributed by atoms with Crippen molar-refractivity contribution in [1.29, 1.82) is 0 Å². The van der Waals surface area contributed by atoms with Gasteiger partial charge in [0.05, 0.1) is 5.69 Å². The Kier molecular flexibility index (Phi) is 6.97. The van der Waals surface area contributed by atoms with Crippen molar-refractivity contribution in [3.05, 3.63) is 34.6 Å². The van der Waals surface area contributed by atoms with E-state index >= 15 is 0 Å². The zero-order valence-corrected chi connectivity index (χ0v) is 18.7. The van der Waals surface area contributed by atoms with Gasteiger partial charge in [-0.05, 0) is 51.1 Å². The van der Waals surface area contributed by atoms with E-state index in [0.29, 0.717) is 12.5 Å². The summed E-state index contributed by atoms with van der Waals surface area (Å²) in [6.07, 6.45) is 10.2. The molecule has 0 bridgehead atoms. The molecule has 2 aliphatic rings. The third-order valence-electron chi connectivity index (χ3n) is 6.24. The number of aliphatic carboxylic acids is 1. The quantitative estimate of drug-likeness (QED) is 0.506. The first-order valence-corrected chi connectivity index (χ1v) is 11.9. The van der Waals surface area contributed by atoms with Gasteiger partial charge in [0.15, 0.2) is 0 Å². The normalized spacial score (nSPS) is 20.6. The van der Waals surface area contributed by atoms with Gasteiger partial charge in [0, 0.05) is 35.0 Å². The molecule has 1 atom stereocenters. The number of esters is 1. The molecule has 7 nitrogen and oxygen atoms in total. The Morgan fingerprint density at radius 2 is 2.00 bits per heavy atom. The molecule has 1 saturated carbocycles. The summed E-state index contributed by atoms with van der Waals surface area (Å²) in [5.41, 5.74) is 1.05. The average molecular weight is 444 g/mol. The molecular formula is C23H29N3O4S. The number of hydrogen-bond donors (Lipinski definition) is 1. The van der Waals surface area contributed by atoms with Crippen molar-refractivity contribution in [2.24, 2.45) is 0 Å². The molecule has 166 valence electrons. The Hall–Kier alpha value is -2.32. The van der Waals surface area contributed by atoms with Crippen LogP contribution >= 0.6 is 11.3 Å². The van der Waals surface area contributed by atoms with E-state index in [1.165, 1.54) is 37.0 Å². The monoisotopic (exact) mass is 443 g/mol. The van der Waals surface area contributed by atoms with Crippen molar-refractivity contribution < 1.29 is 19.4 Å². The second-order valence-corrected chi connectivity index (χ2v) is 9.55. The lowest BCUT2D eigenvalue weighted by Crippen LogP contribution is -2.33. The summed E-state index contributed by atoms with van der Waals surface area (Å²) in [6.45, 7) is 3.83. The minimum Gasteiger partial charge on any atom is -0.478 e. The molecule has 0 amide bonds. The molecule has 4 rings (SSSR count). The van der Waals surface area contributed by atoms with Gasteiger partial charge in [0.1, 0.15) is 17.3 Å². The zero-order valence-electron chi connectivity index (χ0n) is 17.9. The predicted molar refractivity (Wildman–Crippen MR) is 119 cm³/mol.